The summed E-state index contributed by atoms with van der Waals surface area (Å²) < 4.78 is 82.3. The molecule has 1 heterocycles. The fourth-order valence-corrected chi connectivity index (χ4v) is 5.07. The Bertz CT molecular complexity index is 1280. The molecular formula is C23H24F4N4O4S. The van der Waals surface area contributed by atoms with Crippen molar-refractivity contribution in [3.8, 4) is 0 Å². The Balaban J connectivity index is 1.73. The van der Waals surface area contributed by atoms with Crippen molar-refractivity contribution in [1.82, 2.24) is 14.3 Å². The maximum atomic E-state index is 14.2. The first kappa shape index (κ1) is 26.0. The van der Waals surface area contributed by atoms with Crippen LogP contribution < -0.4 is 14.9 Å². The number of anilines is 1. The van der Waals surface area contributed by atoms with E-state index in [0.717, 1.165) is 21.3 Å². The van der Waals surface area contributed by atoms with Crippen molar-refractivity contribution in [3.05, 3.63) is 65.2 Å². The monoisotopic (exact) mass is 528 g/mol. The van der Waals surface area contributed by atoms with E-state index in [1.54, 1.807) is 25.1 Å². The molecule has 0 unspecified atom stereocenters. The quantitative estimate of drug-likeness (QED) is 0.386. The van der Waals surface area contributed by atoms with Gasteiger partial charge in [-0.25, -0.2) is 17.6 Å². The lowest BCUT2D eigenvalue weighted by Gasteiger charge is -2.38. The number of carbonyl (C=O) groups excluding carboxylic acids is 2. The van der Waals surface area contributed by atoms with E-state index in [1.165, 1.54) is 6.07 Å². The van der Waals surface area contributed by atoms with Gasteiger partial charge in [0.1, 0.15) is 6.04 Å². The number of alkyl halides is 2. The van der Waals surface area contributed by atoms with Crippen LogP contribution in [0.5, 0.6) is 0 Å². The van der Waals surface area contributed by atoms with Crippen LogP contribution in [0.15, 0.2) is 42.5 Å². The van der Waals surface area contributed by atoms with Gasteiger partial charge in [-0.1, -0.05) is 24.3 Å². The normalized spacial score (nSPS) is 18.2. The lowest BCUT2D eigenvalue weighted by atomic mass is 9.87. The van der Waals surface area contributed by atoms with Crippen LogP contribution in [0, 0.1) is 18.6 Å². The molecule has 1 atom stereocenters. The highest BCUT2D eigenvalue weighted by Crippen LogP contribution is 2.38. The molecule has 0 bridgehead atoms. The summed E-state index contributed by atoms with van der Waals surface area (Å²) in [4.78, 5) is 27.7. The second-order valence-corrected chi connectivity index (χ2v) is 10.6. The third kappa shape index (κ3) is 5.68. The highest BCUT2D eigenvalue weighted by Gasteiger charge is 2.47. The van der Waals surface area contributed by atoms with Crippen molar-refractivity contribution in [3.63, 3.8) is 0 Å². The van der Waals surface area contributed by atoms with Crippen molar-refractivity contribution >= 4 is 27.7 Å². The van der Waals surface area contributed by atoms with Gasteiger partial charge in [0, 0.05) is 43.7 Å². The van der Waals surface area contributed by atoms with E-state index in [9.17, 15) is 35.6 Å². The first-order chi connectivity index (χ1) is 16.9. The van der Waals surface area contributed by atoms with Crippen molar-refractivity contribution in [2.75, 3.05) is 24.5 Å². The van der Waals surface area contributed by atoms with Gasteiger partial charge in [-0.15, -0.1) is 0 Å². The smallest absolute Gasteiger partial charge is 0.280 e. The maximum absolute atomic E-state index is 14.2. The molecule has 8 nitrogen and oxygen atoms in total. The summed E-state index contributed by atoms with van der Waals surface area (Å²) in [5, 5.41) is 2.50. The van der Waals surface area contributed by atoms with E-state index < -0.39 is 71.1 Å². The van der Waals surface area contributed by atoms with Gasteiger partial charge < -0.3 is 5.32 Å². The van der Waals surface area contributed by atoms with Gasteiger partial charge >= 0.3 is 0 Å². The second kappa shape index (κ2) is 9.79. The second-order valence-electron chi connectivity index (χ2n) is 8.82. The lowest BCUT2D eigenvalue weighted by molar-refractivity contribution is -0.132. The van der Waals surface area contributed by atoms with Crippen LogP contribution in [-0.2, 0) is 19.8 Å². The molecule has 2 aliphatic rings. The molecule has 2 amide bonds. The van der Waals surface area contributed by atoms with E-state index >= 15 is 0 Å². The van der Waals surface area contributed by atoms with E-state index in [2.05, 4.69) is 10.0 Å². The topological polar surface area (TPSA) is 98.6 Å². The minimum atomic E-state index is -3.94. The van der Waals surface area contributed by atoms with E-state index in [0.29, 0.717) is 17.2 Å². The van der Waals surface area contributed by atoms with Gasteiger partial charge in [0.2, 0.25) is 11.8 Å². The summed E-state index contributed by atoms with van der Waals surface area (Å²) in [6.07, 6.45) is -1.15. The Hall–Kier alpha value is -3.03. The Morgan fingerprint density at radius 2 is 1.78 bits per heavy atom. The van der Waals surface area contributed by atoms with Crippen LogP contribution in [0.4, 0.5) is 23.2 Å². The molecule has 194 valence electrons. The zero-order valence-corrected chi connectivity index (χ0v) is 20.0. The predicted molar refractivity (Wildman–Crippen MR) is 122 cm³/mol. The first-order valence-electron chi connectivity index (χ1n) is 11.1. The Labute approximate surface area is 205 Å². The molecule has 13 heteroatoms. The van der Waals surface area contributed by atoms with E-state index in [-0.39, 0.29) is 18.8 Å². The molecule has 0 aromatic heterocycles. The number of halogens is 4. The van der Waals surface area contributed by atoms with Gasteiger partial charge in [-0.3, -0.25) is 14.5 Å². The Morgan fingerprint density at radius 1 is 1.11 bits per heavy atom. The standard InChI is InChI=1S/C23H24F4N4O4S/c1-14-4-2-3-5-17(14)21(22(33)29-15-11-23(26,27)12-15)31(16-6-7-18(24)19(25)10-16)20(32)13-28-36(34,35)30-8-9-30/h2-7,10,15,21,28H,8-9,11-13H2,1H3,(H,29,33)/t21-/m1/s1. The molecule has 0 spiro atoms. The van der Waals surface area contributed by atoms with Gasteiger partial charge in [-0.2, -0.15) is 17.4 Å². The molecule has 1 aliphatic carbocycles. The van der Waals surface area contributed by atoms with Crippen molar-refractivity contribution in [2.45, 2.75) is 37.8 Å². The highest BCUT2D eigenvalue weighted by molar-refractivity contribution is 7.87. The number of nitrogens with one attached hydrogen (secondary N) is 2. The number of hydrogen-bond donors (Lipinski definition) is 2. The van der Waals surface area contributed by atoms with Crippen LogP contribution in [0.3, 0.4) is 0 Å². The SMILES string of the molecule is Cc1ccccc1[C@H](C(=O)NC1CC(F)(F)C1)N(C(=O)CNS(=O)(=O)N1CC1)c1ccc(F)c(F)c1. The van der Waals surface area contributed by atoms with Gasteiger partial charge in [-0.05, 0) is 30.2 Å². The van der Waals surface area contributed by atoms with Crippen LogP contribution in [0.1, 0.15) is 30.0 Å². The molecule has 2 fully saturated rings. The van der Waals surface area contributed by atoms with Crippen LogP contribution in [0.25, 0.3) is 0 Å². The molecule has 2 aromatic carbocycles. The van der Waals surface area contributed by atoms with Crippen LogP contribution in [-0.4, -0.2) is 56.1 Å². The van der Waals surface area contributed by atoms with Crippen molar-refractivity contribution in [1.29, 1.82) is 0 Å². The van der Waals surface area contributed by atoms with Crippen LogP contribution in [0.2, 0.25) is 0 Å². The molecule has 4 rings (SSSR count). The van der Waals surface area contributed by atoms with Gasteiger partial charge in [0.05, 0.1) is 6.54 Å². The maximum Gasteiger partial charge on any atom is 0.280 e. The summed E-state index contributed by atoms with van der Waals surface area (Å²) in [6, 6.07) is 6.70. The number of hydrogen-bond acceptors (Lipinski definition) is 4. The zero-order chi connectivity index (χ0) is 26.3. The number of aryl methyl sites for hydroxylation is 1. The molecule has 2 aromatic rings. The third-order valence-corrected chi connectivity index (χ3v) is 7.58. The van der Waals surface area contributed by atoms with E-state index in [1.807, 2.05) is 0 Å². The highest BCUT2D eigenvalue weighted by atomic mass is 32.2. The Morgan fingerprint density at radius 3 is 2.36 bits per heavy atom. The van der Waals surface area contributed by atoms with Crippen molar-refractivity contribution in [2.24, 2.45) is 0 Å². The summed E-state index contributed by atoms with van der Waals surface area (Å²) in [5.41, 5.74) is 0.641. The minimum Gasteiger partial charge on any atom is -0.351 e. The number of amides is 2. The fourth-order valence-electron chi connectivity index (χ4n) is 4.02. The lowest BCUT2D eigenvalue weighted by Crippen LogP contribution is -2.55. The fraction of sp³-hybridized carbons (Fsp3) is 0.391. The number of benzene rings is 2. The third-order valence-electron chi connectivity index (χ3n) is 6.03. The van der Waals surface area contributed by atoms with Gasteiger partial charge in [0.15, 0.2) is 11.6 Å². The van der Waals surface area contributed by atoms with E-state index in [4.69, 9.17) is 0 Å². The Kier molecular flexibility index (Phi) is 7.08. The number of carbonyl (C=O) groups is 2. The minimum absolute atomic E-state index is 0.216. The summed E-state index contributed by atoms with van der Waals surface area (Å²) in [7, 11) is -3.94. The summed E-state index contributed by atoms with van der Waals surface area (Å²) >= 11 is 0. The molecule has 1 aliphatic heterocycles. The summed E-state index contributed by atoms with van der Waals surface area (Å²) in [6.45, 7) is 1.45. The first-order valence-corrected chi connectivity index (χ1v) is 12.6. The largest absolute Gasteiger partial charge is 0.351 e. The molecule has 36 heavy (non-hydrogen) atoms. The predicted octanol–water partition coefficient (Wildman–Crippen LogP) is 2.41. The number of nitrogens with zero attached hydrogens (tertiary/aromatic N) is 2. The molecule has 2 N–H and O–H groups in total. The molecular weight excluding hydrogens is 504 g/mol. The summed E-state index contributed by atoms with van der Waals surface area (Å²) in [5.74, 6) is -7.16. The number of rotatable bonds is 9. The van der Waals surface area contributed by atoms with Gasteiger partial charge in [0.25, 0.3) is 16.1 Å². The average molecular weight is 529 g/mol. The molecule has 1 saturated heterocycles. The average Bonchev–Trinajstić information content (AvgIpc) is 3.63. The van der Waals surface area contributed by atoms with Crippen molar-refractivity contribution < 1.29 is 35.6 Å². The molecule has 0 radical (unpaired) electrons. The van der Waals surface area contributed by atoms with Crippen LogP contribution >= 0.6 is 0 Å². The molecule has 1 saturated carbocycles. The zero-order valence-electron chi connectivity index (χ0n) is 19.2.